The largest absolute Gasteiger partial charge is 0.493 e. The van der Waals surface area contributed by atoms with E-state index in [-0.39, 0.29) is 6.04 Å². The van der Waals surface area contributed by atoms with Gasteiger partial charge in [-0.2, -0.15) is 16.9 Å². The minimum absolute atomic E-state index is 0.0554. The Bertz CT molecular complexity index is 319. The molecule has 98 valence electrons. The van der Waals surface area contributed by atoms with Crippen molar-refractivity contribution in [3.05, 3.63) is 11.9 Å². The van der Waals surface area contributed by atoms with Crippen LogP contribution in [0.3, 0.4) is 0 Å². The number of nitrogens with zero attached hydrogens (tertiary/aromatic N) is 2. The Morgan fingerprint density at radius 3 is 2.76 bits per heavy atom. The fourth-order valence-corrected chi connectivity index (χ4v) is 2.46. The molecule has 0 bridgehead atoms. The molecular weight excluding hydrogens is 236 g/mol. The molecule has 0 aliphatic carbocycles. The minimum Gasteiger partial charge on any atom is -0.493 e. The fraction of sp³-hybridized carbons (Fsp3) is 0.727. The molecule has 3 N–H and O–H groups in total. The molecule has 0 fully saturated rings. The van der Waals surface area contributed by atoms with Crippen molar-refractivity contribution >= 4 is 11.8 Å². The number of aryl methyl sites for hydroxylation is 1. The lowest BCUT2D eigenvalue weighted by molar-refractivity contribution is 0.397. The quantitative estimate of drug-likeness (QED) is 0.574. The van der Waals surface area contributed by atoms with E-state index in [2.05, 4.69) is 31.3 Å². The molecule has 0 radical (unpaired) electrons. The predicted molar refractivity (Wildman–Crippen MR) is 72.1 cm³/mol. The fourth-order valence-electron chi connectivity index (χ4n) is 1.63. The van der Waals surface area contributed by atoms with Crippen molar-refractivity contribution in [1.82, 2.24) is 15.2 Å². The molecule has 1 aromatic heterocycles. The maximum Gasteiger partial charge on any atom is 0.161 e. The van der Waals surface area contributed by atoms with E-state index in [1.54, 1.807) is 13.3 Å². The zero-order valence-electron chi connectivity index (χ0n) is 10.9. The van der Waals surface area contributed by atoms with E-state index in [0.717, 1.165) is 23.7 Å². The van der Waals surface area contributed by atoms with E-state index in [0.29, 0.717) is 5.25 Å². The number of aromatic nitrogens is 2. The second-order valence-electron chi connectivity index (χ2n) is 4.02. The highest BCUT2D eigenvalue weighted by Crippen LogP contribution is 2.28. The van der Waals surface area contributed by atoms with Crippen LogP contribution in [0.4, 0.5) is 0 Å². The minimum atomic E-state index is 0.0554. The van der Waals surface area contributed by atoms with Crippen molar-refractivity contribution in [2.45, 2.75) is 38.6 Å². The lowest BCUT2D eigenvalue weighted by Gasteiger charge is -2.19. The van der Waals surface area contributed by atoms with Crippen molar-refractivity contribution < 1.29 is 4.74 Å². The summed E-state index contributed by atoms with van der Waals surface area (Å²) in [5.74, 6) is 7.33. The van der Waals surface area contributed by atoms with Crippen molar-refractivity contribution in [2.24, 2.45) is 5.84 Å². The lowest BCUT2D eigenvalue weighted by atomic mass is 10.2. The Kier molecular flexibility index (Phi) is 5.80. The summed E-state index contributed by atoms with van der Waals surface area (Å²) in [5, 5.41) is 4.87. The second-order valence-corrected chi connectivity index (χ2v) is 5.62. The summed E-state index contributed by atoms with van der Waals surface area (Å²) in [6, 6.07) is 0.0554. The van der Waals surface area contributed by atoms with Gasteiger partial charge in [0.05, 0.1) is 25.0 Å². The van der Waals surface area contributed by atoms with Gasteiger partial charge < -0.3 is 4.74 Å². The summed E-state index contributed by atoms with van der Waals surface area (Å²) in [5.41, 5.74) is 3.87. The molecule has 17 heavy (non-hydrogen) atoms. The normalized spacial score (nSPS) is 13.1. The molecule has 5 nitrogen and oxygen atoms in total. The zero-order chi connectivity index (χ0) is 12.8. The van der Waals surface area contributed by atoms with Crippen molar-refractivity contribution in [3.8, 4) is 5.75 Å². The third-order valence-corrected chi connectivity index (χ3v) is 3.68. The van der Waals surface area contributed by atoms with E-state index in [4.69, 9.17) is 10.6 Å². The van der Waals surface area contributed by atoms with Crippen LogP contribution in [0.25, 0.3) is 0 Å². The maximum absolute atomic E-state index is 5.64. The number of hydrogen-bond acceptors (Lipinski definition) is 5. The number of hydrogen-bond donors (Lipinski definition) is 2. The number of ether oxygens (including phenoxy) is 1. The van der Waals surface area contributed by atoms with Crippen LogP contribution in [0, 0.1) is 0 Å². The van der Waals surface area contributed by atoms with Crippen LogP contribution >= 0.6 is 11.8 Å². The predicted octanol–water partition coefficient (Wildman–Crippen LogP) is 1.56. The van der Waals surface area contributed by atoms with Crippen LogP contribution in [0.1, 0.15) is 32.5 Å². The third kappa shape index (κ3) is 3.62. The van der Waals surface area contributed by atoms with E-state index in [1.807, 2.05) is 16.4 Å². The van der Waals surface area contributed by atoms with Crippen LogP contribution in [-0.4, -0.2) is 27.9 Å². The molecule has 6 heteroatoms. The Labute approximate surface area is 107 Å². The van der Waals surface area contributed by atoms with Crippen LogP contribution in [0.2, 0.25) is 0 Å². The first kappa shape index (κ1) is 14.3. The average molecular weight is 258 g/mol. The molecule has 0 aliphatic rings. The highest BCUT2D eigenvalue weighted by molar-refractivity contribution is 7.99. The summed E-state index contributed by atoms with van der Waals surface area (Å²) in [6.07, 6.45) is 1.74. The highest BCUT2D eigenvalue weighted by Gasteiger charge is 2.20. The summed E-state index contributed by atoms with van der Waals surface area (Å²) in [7, 11) is 1.66. The topological polar surface area (TPSA) is 65.1 Å². The SMILES string of the molecule is CCn1ncc(OC)c1C(CSC(C)C)NN. The third-order valence-electron chi connectivity index (χ3n) is 2.49. The van der Waals surface area contributed by atoms with Gasteiger partial charge in [0.2, 0.25) is 0 Å². The van der Waals surface area contributed by atoms with Gasteiger partial charge in [0.15, 0.2) is 5.75 Å². The van der Waals surface area contributed by atoms with E-state index in [9.17, 15) is 0 Å². The molecule has 0 aliphatic heterocycles. The van der Waals surface area contributed by atoms with Crippen LogP contribution in [-0.2, 0) is 6.54 Å². The van der Waals surface area contributed by atoms with Crippen molar-refractivity contribution in [2.75, 3.05) is 12.9 Å². The monoisotopic (exact) mass is 258 g/mol. The summed E-state index contributed by atoms with van der Waals surface area (Å²) >= 11 is 1.86. The van der Waals surface area contributed by atoms with Crippen LogP contribution in [0.15, 0.2) is 6.20 Å². The van der Waals surface area contributed by atoms with Crippen LogP contribution in [0.5, 0.6) is 5.75 Å². The standard InChI is InChI=1S/C11H22N4OS/c1-5-15-11(10(16-4)6-13-15)9(14-12)7-17-8(2)3/h6,8-9,14H,5,7,12H2,1-4H3. The highest BCUT2D eigenvalue weighted by atomic mass is 32.2. The van der Waals surface area contributed by atoms with Crippen LogP contribution < -0.4 is 16.0 Å². The number of nitrogens with one attached hydrogen (secondary N) is 1. The summed E-state index contributed by atoms with van der Waals surface area (Å²) < 4.78 is 7.25. The molecule has 0 spiro atoms. The Hall–Kier alpha value is -0.720. The number of rotatable bonds is 7. The Morgan fingerprint density at radius 2 is 2.29 bits per heavy atom. The van der Waals surface area contributed by atoms with Gasteiger partial charge >= 0.3 is 0 Å². The summed E-state index contributed by atoms with van der Waals surface area (Å²) in [6.45, 7) is 7.21. The second kappa shape index (κ2) is 6.88. The number of methoxy groups -OCH3 is 1. The Balaban J connectivity index is 2.88. The van der Waals surface area contributed by atoms with Gasteiger partial charge in [-0.15, -0.1) is 0 Å². The average Bonchev–Trinajstić information content (AvgIpc) is 2.72. The van der Waals surface area contributed by atoms with Crippen molar-refractivity contribution in [3.63, 3.8) is 0 Å². The molecular formula is C11H22N4OS. The molecule has 1 atom stereocenters. The maximum atomic E-state index is 5.64. The molecule has 0 amide bonds. The van der Waals surface area contributed by atoms with Gasteiger partial charge in [0, 0.05) is 12.3 Å². The lowest BCUT2D eigenvalue weighted by Crippen LogP contribution is -2.32. The van der Waals surface area contributed by atoms with Gasteiger partial charge in [0.25, 0.3) is 0 Å². The van der Waals surface area contributed by atoms with Gasteiger partial charge in [-0.3, -0.25) is 16.0 Å². The first-order chi connectivity index (χ1) is 8.13. The molecule has 1 heterocycles. The number of nitrogens with two attached hydrogens (primary N) is 1. The first-order valence-electron chi connectivity index (χ1n) is 5.81. The van der Waals surface area contributed by atoms with Gasteiger partial charge in [0.1, 0.15) is 0 Å². The van der Waals surface area contributed by atoms with E-state index >= 15 is 0 Å². The van der Waals surface area contributed by atoms with Gasteiger partial charge in [-0.05, 0) is 12.2 Å². The Morgan fingerprint density at radius 1 is 1.59 bits per heavy atom. The molecule has 0 saturated carbocycles. The molecule has 0 aromatic carbocycles. The van der Waals surface area contributed by atoms with Crippen molar-refractivity contribution in [1.29, 1.82) is 0 Å². The number of hydrazine groups is 1. The zero-order valence-corrected chi connectivity index (χ0v) is 11.8. The van der Waals surface area contributed by atoms with Gasteiger partial charge in [-0.25, -0.2) is 0 Å². The van der Waals surface area contributed by atoms with E-state index in [1.165, 1.54) is 0 Å². The smallest absolute Gasteiger partial charge is 0.161 e. The van der Waals surface area contributed by atoms with E-state index < -0.39 is 0 Å². The molecule has 0 saturated heterocycles. The molecule has 1 aromatic rings. The summed E-state index contributed by atoms with van der Waals surface area (Å²) in [4.78, 5) is 0. The van der Waals surface area contributed by atoms with Gasteiger partial charge in [-0.1, -0.05) is 13.8 Å². The first-order valence-corrected chi connectivity index (χ1v) is 6.86. The number of thioether (sulfide) groups is 1. The molecule has 1 rings (SSSR count). The molecule has 1 unspecified atom stereocenters.